The van der Waals surface area contributed by atoms with Crippen LogP contribution in [0.4, 0.5) is 18.9 Å². The molecule has 0 radical (unpaired) electrons. The molecule has 3 N–H and O–H groups in total. The Hall–Kier alpha value is -2.29. The number of aliphatic hydroxyl groups is 1. The average molecular weight is 445 g/mol. The Kier molecular flexibility index (Phi) is 8.52. The minimum Gasteiger partial charge on any atom is -0.469 e. The summed E-state index contributed by atoms with van der Waals surface area (Å²) < 4.78 is 44.8. The van der Waals surface area contributed by atoms with E-state index < -0.39 is 23.8 Å². The van der Waals surface area contributed by atoms with Crippen LogP contribution in [-0.2, 0) is 22.1 Å². The van der Waals surface area contributed by atoms with E-state index in [1.807, 2.05) is 0 Å². The smallest absolute Gasteiger partial charge is 0.418 e. The second kappa shape index (κ2) is 10.7. The molecule has 0 unspecified atom stereocenters. The lowest BCUT2D eigenvalue weighted by atomic mass is 10.1. The van der Waals surface area contributed by atoms with Gasteiger partial charge in [-0.2, -0.15) is 13.2 Å². The summed E-state index contributed by atoms with van der Waals surface area (Å²) in [7, 11) is 1.18. The van der Waals surface area contributed by atoms with E-state index in [0.717, 1.165) is 6.07 Å². The minimum atomic E-state index is -4.58. The summed E-state index contributed by atoms with van der Waals surface area (Å²) in [5.41, 5.74) is -0.0681. The van der Waals surface area contributed by atoms with Crippen LogP contribution in [0, 0.1) is 0 Å². The van der Waals surface area contributed by atoms with Gasteiger partial charge in [-0.15, -0.1) is 0 Å². The first-order valence-corrected chi connectivity index (χ1v) is 9.65. The fourth-order valence-electron chi connectivity index (χ4n) is 2.81. The average Bonchev–Trinajstić information content (AvgIpc) is 2.70. The normalized spacial score (nSPS) is 13.6. The van der Waals surface area contributed by atoms with Crippen molar-refractivity contribution < 1.29 is 27.8 Å². The highest BCUT2D eigenvalue weighted by atomic mass is 35.5. The number of hydrogen-bond donors (Lipinski definition) is 3. The molecule has 5 nitrogen and oxygen atoms in total. The van der Waals surface area contributed by atoms with Gasteiger partial charge < -0.3 is 20.5 Å². The zero-order valence-corrected chi connectivity index (χ0v) is 17.3. The van der Waals surface area contributed by atoms with Gasteiger partial charge in [0.05, 0.1) is 25.2 Å². The Morgan fingerprint density at radius 1 is 1.20 bits per heavy atom. The van der Waals surface area contributed by atoms with Crippen LogP contribution in [-0.4, -0.2) is 37.3 Å². The number of nitrogens with one attached hydrogen (secondary N) is 2. The highest BCUT2D eigenvalue weighted by Crippen LogP contribution is 2.35. The van der Waals surface area contributed by atoms with Crippen molar-refractivity contribution in [2.24, 2.45) is 0 Å². The zero-order chi connectivity index (χ0) is 22.3. The molecular weight excluding hydrogens is 421 g/mol. The van der Waals surface area contributed by atoms with Crippen molar-refractivity contribution in [3.05, 3.63) is 64.2 Å². The molecule has 0 spiro atoms. The number of carbonyl (C=O) groups is 1. The second-order valence-electron chi connectivity index (χ2n) is 6.89. The molecule has 0 aliphatic heterocycles. The van der Waals surface area contributed by atoms with Crippen molar-refractivity contribution in [2.45, 2.75) is 31.7 Å². The predicted molar refractivity (Wildman–Crippen MR) is 110 cm³/mol. The summed E-state index contributed by atoms with van der Waals surface area (Å²) in [5, 5.41) is 16.6. The topological polar surface area (TPSA) is 70.6 Å². The van der Waals surface area contributed by atoms with E-state index in [0.29, 0.717) is 10.6 Å². The number of halogens is 4. The van der Waals surface area contributed by atoms with Crippen LogP contribution in [0.1, 0.15) is 29.7 Å². The SMILES string of the molecule is COC(=O)Cc1ccc(NC[C@@H](C)NC[C@H](O)c2cccc(Cl)c2)c(C(F)(F)F)c1. The van der Waals surface area contributed by atoms with Gasteiger partial charge in [0.15, 0.2) is 0 Å². The first kappa shape index (κ1) is 24.0. The van der Waals surface area contributed by atoms with Gasteiger partial charge in [0.1, 0.15) is 0 Å². The van der Waals surface area contributed by atoms with Gasteiger partial charge in [-0.3, -0.25) is 4.79 Å². The molecule has 0 saturated heterocycles. The van der Waals surface area contributed by atoms with Gasteiger partial charge in [-0.1, -0.05) is 29.8 Å². The molecule has 0 bridgehead atoms. The number of ether oxygens (including phenoxy) is 1. The predicted octanol–water partition coefficient (Wildman–Crippen LogP) is 4.20. The lowest BCUT2D eigenvalue weighted by Gasteiger charge is -2.21. The van der Waals surface area contributed by atoms with Crippen molar-refractivity contribution in [3.63, 3.8) is 0 Å². The molecule has 0 saturated carbocycles. The zero-order valence-electron chi connectivity index (χ0n) is 16.6. The molecule has 0 heterocycles. The lowest BCUT2D eigenvalue weighted by molar-refractivity contribution is -0.140. The van der Waals surface area contributed by atoms with Crippen molar-refractivity contribution in [1.29, 1.82) is 0 Å². The first-order chi connectivity index (χ1) is 14.1. The first-order valence-electron chi connectivity index (χ1n) is 9.28. The summed E-state index contributed by atoms with van der Waals surface area (Å²) in [6.07, 6.45) is -5.61. The van der Waals surface area contributed by atoms with Gasteiger partial charge >= 0.3 is 12.1 Å². The van der Waals surface area contributed by atoms with Gasteiger partial charge in [-0.25, -0.2) is 0 Å². The number of hydrogen-bond acceptors (Lipinski definition) is 5. The third-order valence-electron chi connectivity index (χ3n) is 4.46. The molecule has 2 aromatic rings. The number of esters is 1. The van der Waals surface area contributed by atoms with Crippen LogP contribution in [0.5, 0.6) is 0 Å². The van der Waals surface area contributed by atoms with E-state index in [-0.39, 0.29) is 36.8 Å². The molecule has 2 aromatic carbocycles. The number of alkyl halides is 3. The third kappa shape index (κ3) is 7.19. The molecular formula is C21H24ClF3N2O3. The van der Waals surface area contributed by atoms with Crippen LogP contribution in [0.25, 0.3) is 0 Å². The third-order valence-corrected chi connectivity index (χ3v) is 4.69. The quantitative estimate of drug-likeness (QED) is 0.506. The minimum absolute atomic E-state index is 0.0832. The van der Waals surface area contributed by atoms with Crippen molar-refractivity contribution in [2.75, 3.05) is 25.5 Å². The number of carbonyl (C=O) groups excluding carboxylic acids is 1. The van der Waals surface area contributed by atoms with E-state index in [9.17, 15) is 23.1 Å². The number of rotatable bonds is 9. The summed E-state index contributed by atoms with van der Waals surface area (Å²) in [6.45, 7) is 2.20. The summed E-state index contributed by atoms with van der Waals surface area (Å²) >= 11 is 5.91. The van der Waals surface area contributed by atoms with Crippen LogP contribution in [0.2, 0.25) is 5.02 Å². The van der Waals surface area contributed by atoms with Gasteiger partial charge in [0, 0.05) is 29.8 Å². The van der Waals surface area contributed by atoms with Crippen molar-refractivity contribution in [3.8, 4) is 0 Å². The Morgan fingerprint density at radius 2 is 1.93 bits per heavy atom. The summed E-state index contributed by atoms with van der Waals surface area (Å²) in [5.74, 6) is -0.611. The maximum absolute atomic E-state index is 13.4. The fourth-order valence-corrected chi connectivity index (χ4v) is 3.01. The van der Waals surface area contributed by atoms with E-state index in [1.54, 1.807) is 31.2 Å². The van der Waals surface area contributed by atoms with Gasteiger partial charge in [0.25, 0.3) is 0 Å². The number of methoxy groups -OCH3 is 1. The van der Waals surface area contributed by atoms with Gasteiger partial charge in [-0.05, 0) is 42.3 Å². The molecule has 0 aliphatic rings. The maximum atomic E-state index is 13.4. The summed E-state index contributed by atoms with van der Waals surface area (Å²) in [6, 6.07) is 10.3. The Balaban J connectivity index is 1.97. The van der Waals surface area contributed by atoms with Crippen LogP contribution < -0.4 is 10.6 Å². The molecule has 0 amide bonds. The Morgan fingerprint density at radius 3 is 2.57 bits per heavy atom. The highest BCUT2D eigenvalue weighted by molar-refractivity contribution is 6.30. The standard InChI is InChI=1S/C21H24ClF3N2O3/c1-13(26-12-19(28)15-4-3-5-16(22)10-15)11-27-18-7-6-14(9-20(29)30-2)8-17(18)21(23,24)25/h3-8,10,13,19,26-28H,9,11-12H2,1-2H3/t13-,19+/m1/s1. The summed E-state index contributed by atoms with van der Waals surface area (Å²) in [4.78, 5) is 11.3. The fraction of sp³-hybridized carbons (Fsp3) is 0.381. The number of anilines is 1. The highest BCUT2D eigenvalue weighted by Gasteiger charge is 2.34. The molecule has 2 rings (SSSR count). The van der Waals surface area contributed by atoms with E-state index in [2.05, 4.69) is 15.4 Å². The lowest BCUT2D eigenvalue weighted by Crippen LogP contribution is -2.35. The van der Waals surface area contributed by atoms with Crippen LogP contribution >= 0.6 is 11.6 Å². The van der Waals surface area contributed by atoms with Crippen molar-refractivity contribution in [1.82, 2.24) is 5.32 Å². The molecule has 9 heteroatoms. The Bertz CT molecular complexity index is 862. The largest absolute Gasteiger partial charge is 0.469 e. The van der Waals surface area contributed by atoms with E-state index in [4.69, 9.17) is 11.6 Å². The second-order valence-corrected chi connectivity index (χ2v) is 7.33. The van der Waals surface area contributed by atoms with Crippen LogP contribution in [0.15, 0.2) is 42.5 Å². The van der Waals surface area contributed by atoms with Gasteiger partial charge in [0.2, 0.25) is 0 Å². The molecule has 0 aromatic heterocycles. The molecule has 0 aliphatic carbocycles. The monoisotopic (exact) mass is 444 g/mol. The van der Waals surface area contributed by atoms with Crippen LogP contribution in [0.3, 0.4) is 0 Å². The molecule has 30 heavy (non-hydrogen) atoms. The van der Waals surface area contributed by atoms with Crippen molar-refractivity contribution >= 4 is 23.3 Å². The molecule has 0 fully saturated rings. The van der Waals surface area contributed by atoms with E-state index >= 15 is 0 Å². The van der Waals surface area contributed by atoms with E-state index in [1.165, 1.54) is 19.2 Å². The number of benzene rings is 2. The Labute approximate surface area is 178 Å². The molecule has 164 valence electrons. The maximum Gasteiger partial charge on any atom is 0.418 e. The molecule has 2 atom stereocenters. The number of aliphatic hydroxyl groups excluding tert-OH is 1.